The van der Waals surface area contributed by atoms with Gasteiger partial charge >= 0.3 is 11.6 Å². The van der Waals surface area contributed by atoms with E-state index in [2.05, 4.69) is 25.3 Å². The van der Waals surface area contributed by atoms with Gasteiger partial charge in [0.15, 0.2) is 0 Å². The van der Waals surface area contributed by atoms with E-state index in [1.54, 1.807) is 35.4 Å². The molecule has 0 aliphatic carbocycles. The minimum atomic E-state index is -0.426. The van der Waals surface area contributed by atoms with Crippen LogP contribution in [0.2, 0.25) is 10.0 Å². The van der Waals surface area contributed by atoms with Crippen LogP contribution in [-0.4, -0.2) is 35.3 Å². The molecule has 0 aliphatic heterocycles. The first-order chi connectivity index (χ1) is 18.7. The van der Waals surface area contributed by atoms with Crippen LogP contribution in [-0.2, 0) is 0 Å². The lowest BCUT2D eigenvalue weighted by Crippen LogP contribution is -2.15. The Hall–Kier alpha value is -4.47. The van der Waals surface area contributed by atoms with Crippen LogP contribution in [0.5, 0.6) is 11.8 Å². The maximum atomic E-state index is 11.8. The number of nitrogens with zero attached hydrogens (tertiary/aromatic N) is 5. The highest BCUT2D eigenvalue weighted by molar-refractivity contribution is 6.42. The van der Waals surface area contributed by atoms with E-state index in [4.69, 9.17) is 32.4 Å². The van der Waals surface area contributed by atoms with Crippen molar-refractivity contribution in [3.8, 4) is 11.8 Å². The van der Waals surface area contributed by atoms with Gasteiger partial charge in [-0.2, -0.15) is 15.0 Å². The molecule has 2 aromatic heterocycles. The van der Waals surface area contributed by atoms with Crippen LogP contribution in [0.4, 0.5) is 23.3 Å². The highest BCUT2D eigenvalue weighted by atomic mass is 35.5. The summed E-state index contributed by atoms with van der Waals surface area (Å²) in [4.78, 5) is 31.2. The van der Waals surface area contributed by atoms with Crippen LogP contribution >= 0.6 is 23.2 Å². The van der Waals surface area contributed by atoms with E-state index < -0.39 is 5.63 Å². The lowest BCUT2D eigenvalue weighted by Gasteiger charge is -2.14. The molecule has 11 heteroatoms. The molecule has 9 nitrogen and oxygen atoms in total. The number of ether oxygens (including phenoxy) is 1. The van der Waals surface area contributed by atoms with Crippen LogP contribution in [0.1, 0.15) is 11.1 Å². The summed E-state index contributed by atoms with van der Waals surface area (Å²) in [6.45, 7) is 1.85. The summed E-state index contributed by atoms with van der Waals surface area (Å²) in [5.41, 5.74) is 3.14. The van der Waals surface area contributed by atoms with Gasteiger partial charge in [0.1, 0.15) is 11.3 Å². The van der Waals surface area contributed by atoms with E-state index in [1.165, 1.54) is 6.07 Å². The van der Waals surface area contributed by atoms with E-state index in [0.717, 1.165) is 27.9 Å². The minimum Gasteiger partial charge on any atom is -0.424 e. The lowest BCUT2D eigenvalue weighted by atomic mass is 10.1. The molecule has 0 amide bonds. The van der Waals surface area contributed by atoms with Gasteiger partial charge in [-0.3, -0.25) is 4.99 Å². The second kappa shape index (κ2) is 11.1. The summed E-state index contributed by atoms with van der Waals surface area (Å²) in [6, 6.07) is 19.5. The largest absolute Gasteiger partial charge is 0.424 e. The highest BCUT2D eigenvalue weighted by Crippen LogP contribution is 2.27. The fourth-order valence-electron chi connectivity index (χ4n) is 3.62. The van der Waals surface area contributed by atoms with Crippen molar-refractivity contribution in [1.29, 1.82) is 0 Å². The standard InChI is InChI=1S/C28H22Cl2N6O3/c1-16-12-25(37)39-24-14-20(9-10-21(16)24)38-28-34-26(33-27(35-28)36(2)3)32-19-7-5-18(6-8-19)31-15-17-4-11-22(29)23(30)13-17/h4-15H,1-3H3,(H,32,33,34,35). The summed E-state index contributed by atoms with van der Waals surface area (Å²) < 4.78 is 11.2. The molecule has 1 N–H and O–H groups in total. The topological polar surface area (TPSA) is 106 Å². The molecule has 0 bridgehead atoms. The first-order valence-electron chi connectivity index (χ1n) is 11.8. The maximum Gasteiger partial charge on any atom is 0.336 e. The number of rotatable bonds is 7. The molecule has 2 heterocycles. The fraction of sp³-hybridized carbons (Fsp3) is 0.107. The summed E-state index contributed by atoms with van der Waals surface area (Å²) in [6.07, 6.45) is 1.71. The lowest BCUT2D eigenvalue weighted by molar-refractivity contribution is 0.439. The van der Waals surface area contributed by atoms with Crippen molar-refractivity contribution in [3.63, 3.8) is 0 Å². The number of nitrogens with one attached hydrogen (secondary N) is 1. The third-order valence-corrected chi connectivity index (χ3v) is 6.30. The third kappa shape index (κ3) is 6.34. The zero-order chi connectivity index (χ0) is 27.5. The third-order valence-electron chi connectivity index (χ3n) is 5.56. The van der Waals surface area contributed by atoms with E-state index in [-0.39, 0.29) is 6.01 Å². The summed E-state index contributed by atoms with van der Waals surface area (Å²) in [7, 11) is 3.63. The second-order valence-corrected chi connectivity index (χ2v) is 9.56. The summed E-state index contributed by atoms with van der Waals surface area (Å²) in [5, 5.41) is 4.96. The van der Waals surface area contributed by atoms with Crippen LogP contribution in [0.15, 0.2) is 80.9 Å². The smallest absolute Gasteiger partial charge is 0.336 e. The molecule has 196 valence electrons. The van der Waals surface area contributed by atoms with Crippen LogP contribution in [0.25, 0.3) is 11.0 Å². The Morgan fingerprint density at radius 2 is 1.74 bits per heavy atom. The Morgan fingerprint density at radius 1 is 0.949 bits per heavy atom. The first kappa shape index (κ1) is 26.1. The van der Waals surface area contributed by atoms with E-state index in [1.807, 2.05) is 57.4 Å². The predicted molar refractivity (Wildman–Crippen MR) is 155 cm³/mol. The zero-order valence-electron chi connectivity index (χ0n) is 21.1. The number of benzene rings is 3. The number of anilines is 3. The van der Waals surface area contributed by atoms with Gasteiger partial charge in [0.25, 0.3) is 0 Å². The Balaban J connectivity index is 1.35. The molecule has 39 heavy (non-hydrogen) atoms. The van der Waals surface area contributed by atoms with Crippen molar-refractivity contribution in [3.05, 3.63) is 98.3 Å². The maximum absolute atomic E-state index is 11.8. The molecular formula is C28H22Cl2N6O3. The van der Waals surface area contributed by atoms with Crippen LogP contribution < -0.4 is 20.6 Å². The van der Waals surface area contributed by atoms with Gasteiger partial charge in [0.2, 0.25) is 11.9 Å². The van der Waals surface area contributed by atoms with Gasteiger partial charge in [-0.1, -0.05) is 29.3 Å². The minimum absolute atomic E-state index is 0.0772. The second-order valence-electron chi connectivity index (χ2n) is 8.75. The van der Waals surface area contributed by atoms with Gasteiger partial charge in [0.05, 0.1) is 15.7 Å². The highest BCUT2D eigenvalue weighted by Gasteiger charge is 2.12. The first-order valence-corrected chi connectivity index (χ1v) is 12.5. The van der Waals surface area contributed by atoms with E-state index in [9.17, 15) is 4.79 Å². The predicted octanol–water partition coefficient (Wildman–Crippen LogP) is 6.95. The monoisotopic (exact) mass is 560 g/mol. The Labute approximate surface area is 233 Å². The average Bonchev–Trinajstić information content (AvgIpc) is 2.89. The molecule has 0 aliphatic rings. The van der Waals surface area contributed by atoms with Gasteiger partial charge < -0.3 is 19.4 Å². The van der Waals surface area contributed by atoms with Gasteiger partial charge in [-0.15, -0.1) is 0 Å². The Bertz CT molecular complexity index is 1750. The number of fused-ring (bicyclic) bond motifs is 1. The molecule has 5 rings (SSSR count). The van der Waals surface area contributed by atoms with Crippen molar-refractivity contribution in [2.24, 2.45) is 4.99 Å². The fourth-order valence-corrected chi connectivity index (χ4v) is 3.93. The number of aromatic nitrogens is 3. The molecule has 0 radical (unpaired) electrons. The Morgan fingerprint density at radius 3 is 2.49 bits per heavy atom. The quantitative estimate of drug-likeness (QED) is 0.168. The van der Waals surface area contributed by atoms with E-state index in [0.29, 0.717) is 33.3 Å². The molecular weight excluding hydrogens is 539 g/mol. The van der Waals surface area contributed by atoms with Crippen LogP contribution in [0.3, 0.4) is 0 Å². The normalized spacial score (nSPS) is 11.2. The zero-order valence-corrected chi connectivity index (χ0v) is 22.7. The van der Waals surface area contributed by atoms with Crippen LogP contribution in [0, 0.1) is 6.92 Å². The number of hydrogen-bond donors (Lipinski definition) is 1. The van der Waals surface area contributed by atoms with Gasteiger partial charge in [0, 0.05) is 43.5 Å². The average molecular weight is 561 g/mol. The number of halogens is 2. The van der Waals surface area contributed by atoms with Crippen molar-refractivity contribution >= 4 is 63.7 Å². The molecule has 0 fully saturated rings. The molecule has 0 spiro atoms. The SMILES string of the molecule is Cc1cc(=O)oc2cc(Oc3nc(Nc4ccc(N=Cc5ccc(Cl)c(Cl)c5)cc4)nc(N(C)C)n3)ccc12. The van der Waals surface area contributed by atoms with Crippen molar-refractivity contribution in [2.75, 3.05) is 24.3 Å². The number of aliphatic imine (C=N–C) groups is 1. The van der Waals surface area contributed by atoms with Crippen molar-refractivity contribution in [2.45, 2.75) is 6.92 Å². The number of hydrogen-bond acceptors (Lipinski definition) is 9. The molecule has 3 aromatic carbocycles. The molecule has 0 saturated heterocycles. The van der Waals surface area contributed by atoms with Crippen molar-refractivity contribution < 1.29 is 9.15 Å². The number of aryl methyl sites for hydroxylation is 1. The Kier molecular flexibility index (Phi) is 7.44. The summed E-state index contributed by atoms with van der Waals surface area (Å²) in [5.74, 6) is 1.11. The van der Waals surface area contributed by atoms with Gasteiger partial charge in [-0.25, -0.2) is 4.79 Å². The van der Waals surface area contributed by atoms with Gasteiger partial charge in [-0.05, 0) is 66.6 Å². The molecule has 0 atom stereocenters. The van der Waals surface area contributed by atoms with E-state index >= 15 is 0 Å². The molecule has 0 unspecified atom stereocenters. The summed E-state index contributed by atoms with van der Waals surface area (Å²) >= 11 is 12.0. The molecule has 0 saturated carbocycles. The van der Waals surface area contributed by atoms with Crippen molar-refractivity contribution in [1.82, 2.24) is 15.0 Å². The molecule has 5 aromatic rings.